The van der Waals surface area contributed by atoms with Crippen LogP contribution in [0.25, 0.3) is 21.3 Å². The highest BCUT2D eigenvalue weighted by molar-refractivity contribution is 7.99. The summed E-state index contributed by atoms with van der Waals surface area (Å²) in [5, 5.41) is 2.08. The summed E-state index contributed by atoms with van der Waals surface area (Å²) >= 11 is 3.31. The zero-order valence-corrected chi connectivity index (χ0v) is 18.9. The van der Waals surface area contributed by atoms with E-state index >= 15 is 0 Å². The molecule has 0 unspecified atom stereocenters. The first kappa shape index (κ1) is 20.3. The predicted octanol–water partition coefficient (Wildman–Crippen LogP) is 5.33. The summed E-state index contributed by atoms with van der Waals surface area (Å²) in [6.45, 7) is 6.14. The number of benzene rings is 2. The summed E-state index contributed by atoms with van der Waals surface area (Å²) in [5.74, 6) is 1.04. The summed E-state index contributed by atoms with van der Waals surface area (Å²) in [7, 11) is 0. The molecule has 1 aliphatic rings. The van der Waals surface area contributed by atoms with Crippen LogP contribution in [0.4, 0.5) is 0 Å². The molecule has 3 heterocycles. The molecular weight excluding hydrogens is 424 g/mol. The van der Waals surface area contributed by atoms with Gasteiger partial charge in [0.2, 0.25) is 5.91 Å². The van der Waals surface area contributed by atoms with Crippen LogP contribution in [0.5, 0.6) is 0 Å². The number of allylic oxidation sites excluding steroid dienone is 1. The Kier molecular flexibility index (Phi) is 5.78. The quantitative estimate of drug-likeness (QED) is 0.295. The Morgan fingerprint density at radius 1 is 1.10 bits per heavy atom. The molecule has 0 bridgehead atoms. The van der Waals surface area contributed by atoms with Gasteiger partial charge in [-0.25, -0.2) is 9.97 Å². The van der Waals surface area contributed by atoms with Gasteiger partial charge in [-0.1, -0.05) is 42.1 Å². The number of hydrogen-bond donors (Lipinski definition) is 0. The van der Waals surface area contributed by atoms with Gasteiger partial charge in [-0.2, -0.15) is 0 Å². The maximum absolute atomic E-state index is 12.9. The molecule has 0 radical (unpaired) electrons. The number of thioether (sulfide) groups is 1. The van der Waals surface area contributed by atoms with Crippen LogP contribution in [0.15, 0.2) is 66.3 Å². The Balaban J connectivity index is 1.21. The Hall–Kier alpha value is -2.64. The Labute approximate surface area is 189 Å². The first-order valence-electron chi connectivity index (χ1n) is 10.5. The zero-order chi connectivity index (χ0) is 21.2. The zero-order valence-electron chi connectivity index (χ0n) is 17.2. The minimum Gasteiger partial charge on any atom is -0.342 e. The first-order chi connectivity index (χ1) is 15.2. The molecule has 7 heteroatoms. The number of carbonyl (C=O) groups excluding carboxylic acids is 1. The number of amides is 1. The first-order valence-corrected chi connectivity index (χ1v) is 12.4. The molecule has 1 aliphatic heterocycles. The second kappa shape index (κ2) is 8.85. The SMILES string of the molecule is C=CCn1c(SCC(=O)N2CCC(c3nc4ccccc4s3)CC2)nc2ccccc21. The van der Waals surface area contributed by atoms with E-state index in [-0.39, 0.29) is 5.91 Å². The van der Waals surface area contributed by atoms with Gasteiger partial charge in [0.15, 0.2) is 5.16 Å². The number of carbonyl (C=O) groups is 1. The highest BCUT2D eigenvalue weighted by atomic mass is 32.2. The van der Waals surface area contributed by atoms with Crippen molar-refractivity contribution in [2.24, 2.45) is 0 Å². The average molecular weight is 449 g/mol. The largest absolute Gasteiger partial charge is 0.342 e. The van der Waals surface area contributed by atoms with Gasteiger partial charge in [0.25, 0.3) is 0 Å². The van der Waals surface area contributed by atoms with Gasteiger partial charge >= 0.3 is 0 Å². The lowest BCUT2D eigenvalue weighted by Crippen LogP contribution is -2.39. The second-order valence-electron chi connectivity index (χ2n) is 7.75. The molecule has 0 spiro atoms. The van der Waals surface area contributed by atoms with Crippen LogP contribution in [0.1, 0.15) is 23.8 Å². The molecule has 5 rings (SSSR count). The predicted molar refractivity (Wildman–Crippen MR) is 129 cm³/mol. The van der Waals surface area contributed by atoms with Crippen LogP contribution >= 0.6 is 23.1 Å². The molecule has 0 aliphatic carbocycles. The van der Waals surface area contributed by atoms with Gasteiger partial charge in [-0.15, -0.1) is 17.9 Å². The third-order valence-electron chi connectivity index (χ3n) is 5.76. The second-order valence-corrected chi connectivity index (χ2v) is 9.75. The van der Waals surface area contributed by atoms with Crippen molar-refractivity contribution in [1.82, 2.24) is 19.4 Å². The third kappa shape index (κ3) is 4.12. The van der Waals surface area contributed by atoms with E-state index in [1.165, 1.54) is 21.5 Å². The van der Waals surface area contributed by atoms with Gasteiger partial charge in [-0.05, 0) is 37.1 Å². The molecule has 1 saturated heterocycles. The average Bonchev–Trinajstić information content (AvgIpc) is 3.39. The number of imidazole rings is 1. The smallest absolute Gasteiger partial charge is 0.233 e. The number of likely N-dealkylation sites (tertiary alicyclic amines) is 1. The van der Waals surface area contributed by atoms with Crippen LogP contribution in [-0.4, -0.2) is 44.2 Å². The number of aromatic nitrogens is 3. The van der Waals surface area contributed by atoms with Crippen molar-refractivity contribution in [2.75, 3.05) is 18.8 Å². The van der Waals surface area contributed by atoms with Crippen molar-refractivity contribution < 1.29 is 4.79 Å². The van der Waals surface area contributed by atoms with E-state index in [0.29, 0.717) is 18.2 Å². The molecular formula is C24H24N4OS2. The minimum atomic E-state index is 0.185. The highest BCUT2D eigenvalue weighted by Crippen LogP contribution is 2.34. The number of rotatable bonds is 6. The molecule has 0 atom stereocenters. The maximum Gasteiger partial charge on any atom is 0.233 e. The molecule has 4 aromatic rings. The molecule has 0 saturated carbocycles. The molecule has 1 fully saturated rings. The van der Waals surface area contributed by atoms with Crippen molar-refractivity contribution in [1.29, 1.82) is 0 Å². The van der Waals surface area contributed by atoms with Crippen molar-refractivity contribution in [3.63, 3.8) is 0 Å². The molecule has 158 valence electrons. The molecule has 2 aromatic carbocycles. The van der Waals surface area contributed by atoms with Gasteiger partial charge in [-0.3, -0.25) is 4.79 Å². The third-order valence-corrected chi connectivity index (χ3v) is 7.92. The standard InChI is InChI=1S/C24H24N4OS2/c1-2-13-28-20-9-5-3-7-18(20)26-24(28)30-16-22(29)27-14-11-17(12-15-27)23-25-19-8-4-6-10-21(19)31-23/h2-10,17H,1,11-16H2. The molecule has 0 N–H and O–H groups in total. The number of piperidine rings is 1. The molecule has 5 nitrogen and oxygen atoms in total. The fourth-order valence-corrected chi connectivity index (χ4v) is 6.19. The number of hydrogen-bond acceptors (Lipinski definition) is 5. The van der Waals surface area contributed by atoms with Crippen LogP contribution in [0, 0.1) is 0 Å². The van der Waals surface area contributed by atoms with Crippen LogP contribution in [0.3, 0.4) is 0 Å². The number of fused-ring (bicyclic) bond motifs is 2. The van der Waals surface area contributed by atoms with Crippen LogP contribution < -0.4 is 0 Å². The molecule has 31 heavy (non-hydrogen) atoms. The Bertz CT molecular complexity index is 1200. The fourth-order valence-electron chi connectivity index (χ4n) is 4.13. The maximum atomic E-state index is 12.9. The van der Waals surface area contributed by atoms with Crippen LogP contribution in [0.2, 0.25) is 0 Å². The summed E-state index contributed by atoms with van der Waals surface area (Å²) < 4.78 is 3.37. The van der Waals surface area contributed by atoms with E-state index < -0.39 is 0 Å². The van der Waals surface area contributed by atoms with Crippen molar-refractivity contribution in [3.05, 3.63) is 66.2 Å². The number of para-hydroxylation sites is 3. The van der Waals surface area contributed by atoms with E-state index in [2.05, 4.69) is 35.4 Å². The van der Waals surface area contributed by atoms with Crippen molar-refractivity contribution in [3.8, 4) is 0 Å². The van der Waals surface area contributed by atoms with E-state index in [1.807, 2.05) is 35.2 Å². The summed E-state index contributed by atoms with van der Waals surface area (Å²) in [6.07, 6.45) is 3.82. The number of nitrogens with zero attached hydrogens (tertiary/aromatic N) is 4. The van der Waals surface area contributed by atoms with Gasteiger partial charge in [0.05, 0.1) is 32.0 Å². The van der Waals surface area contributed by atoms with E-state index in [1.54, 1.807) is 11.3 Å². The van der Waals surface area contributed by atoms with Crippen molar-refractivity contribution >= 4 is 50.3 Å². The normalized spacial score (nSPS) is 15.0. The molecule has 1 amide bonds. The lowest BCUT2D eigenvalue weighted by molar-refractivity contribution is -0.129. The monoisotopic (exact) mass is 448 g/mol. The minimum absolute atomic E-state index is 0.185. The summed E-state index contributed by atoms with van der Waals surface area (Å²) in [4.78, 5) is 24.4. The topological polar surface area (TPSA) is 51.0 Å². The van der Waals surface area contributed by atoms with Crippen LogP contribution in [-0.2, 0) is 11.3 Å². The summed E-state index contributed by atoms with van der Waals surface area (Å²) in [6, 6.07) is 16.4. The Morgan fingerprint density at radius 3 is 2.61 bits per heavy atom. The highest BCUT2D eigenvalue weighted by Gasteiger charge is 2.26. The van der Waals surface area contributed by atoms with Gasteiger partial charge in [0, 0.05) is 25.6 Å². The fraction of sp³-hybridized carbons (Fsp3) is 0.292. The van der Waals surface area contributed by atoms with E-state index in [0.717, 1.165) is 47.6 Å². The lowest BCUT2D eigenvalue weighted by atomic mass is 9.97. The Morgan fingerprint density at radius 2 is 1.84 bits per heavy atom. The van der Waals surface area contributed by atoms with E-state index in [9.17, 15) is 4.79 Å². The van der Waals surface area contributed by atoms with Gasteiger partial charge < -0.3 is 9.47 Å². The summed E-state index contributed by atoms with van der Waals surface area (Å²) in [5.41, 5.74) is 3.12. The lowest BCUT2D eigenvalue weighted by Gasteiger charge is -2.31. The van der Waals surface area contributed by atoms with Crippen molar-refractivity contribution in [2.45, 2.75) is 30.5 Å². The molecule has 2 aromatic heterocycles. The van der Waals surface area contributed by atoms with Gasteiger partial charge in [0.1, 0.15) is 0 Å². The van der Waals surface area contributed by atoms with E-state index in [4.69, 9.17) is 9.97 Å². The number of thiazole rings is 1.